The van der Waals surface area contributed by atoms with Gasteiger partial charge in [0, 0.05) is 17.0 Å². The van der Waals surface area contributed by atoms with Crippen LogP contribution in [0, 0.1) is 11.3 Å². The second-order valence-corrected chi connectivity index (χ2v) is 10.4. The van der Waals surface area contributed by atoms with Crippen molar-refractivity contribution >= 4 is 10.5 Å². The summed E-state index contributed by atoms with van der Waals surface area (Å²) in [7, 11) is -1.89. The van der Waals surface area contributed by atoms with Gasteiger partial charge in [0.15, 0.2) is 0 Å². The van der Waals surface area contributed by atoms with Gasteiger partial charge in [-0.05, 0) is 52.7 Å². The van der Waals surface area contributed by atoms with Gasteiger partial charge in [0.05, 0.1) is 11.5 Å². The Morgan fingerprint density at radius 3 is 2.00 bits per heavy atom. The Morgan fingerprint density at radius 2 is 1.62 bits per heavy atom. The monoisotopic (exact) mass is 308 g/mol. The fourth-order valence-corrected chi connectivity index (χ4v) is 3.02. The number of hydrogen-bond donors (Lipinski definition) is 2. The Balaban J connectivity index is 2.91. The number of nitriles is 1. The fourth-order valence-electron chi connectivity index (χ4n) is 1.84. The van der Waals surface area contributed by atoms with E-state index in [-0.39, 0.29) is 10.8 Å². The van der Waals surface area contributed by atoms with Gasteiger partial charge in [-0.3, -0.25) is 4.72 Å². The van der Waals surface area contributed by atoms with Crippen LogP contribution in [0.1, 0.15) is 58.7 Å². The fraction of sp³-hybridized carbons (Fsp3) is 0.588. The van der Waals surface area contributed by atoms with E-state index in [2.05, 4.69) is 17.7 Å². The van der Waals surface area contributed by atoms with Crippen molar-refractivity contribution in [3.8, 4) is 6.07 Å². The Labute approximate surface area is 131 Å². The van der Waals surface area contributed by atoms with Crippen molar-refractivity contribution in [3.05, 3.63) is 35.4 Å². The standard InChI is InChI=1S/C17H28N2OS/c1-13(19-21(7,20)16(2,3)4)14-8-10-15(11-9-14)17(5,6)12-18/h8-11,13,19-20H,1-7H3/t13-/m0/s1. The summed E-state index contributed by atoms with van der Waals surface area (Å²) in [5.41, 5.74) is 1.65. The van der Waals surface area contributed by atoms with Gasteiger partial charge in [-0.1, -0.05) is 34.8 Å². The minimum atomic E-state index is -1.89. The van der Waals surface area contributed by atoms with Gasteiger partial charge < -0.3 is 4.55 Å². The van der Waals surface area contributed by atoms with Crippen LogP contribution < -0.4 is 4.72 Å². The molecule has 0 aliphatic carbocycles. The predicted octanol–water partition coefficient (Wildman–Crippen LogP) is 4.76. The van der Waals surface area contributed by atoms with E-state index in [0.29, 0.717) is 0 Å². The predicted molar refractivity (Wildman–Crippen MR) is 92.5 cm³/mol. The minimum absolute atomic E-state index is 0.0634. The molecule has 1 aromatic carbocycles. The van der Waals surface area contributed by atoms with Crippen LogP contribution >= 0.6 is 10.5 Å². The first-order valence-corrected chi connectivity index (χ1v) is 9.20. The van der Waals surface area contributed by atoms with Gasteiger partial charge in [-0.2, -0.15) is 5.26 Å². The van der Waals surface area contributed by atoms with Gasteiger partial charge in [-0.15, -0.1) is 0 Å². The third-order valence-corrected chi connectivity index (χ3v) is 7.21. The topological polar surface area (TPSA) is 56.0 Å². The summed E-state index contributed by atoms with van der Waals surface area (Å²) < 4.78 is 13.8. The van der Waals surface area contributed by atoms with Crippen molar-refractivity contribution in [3.63, 3.8) is 0 Å². The second kappa shape index (κ2) is 6.00. The molecule has 21 heavy (non-hydrogen) atoms. The van der Waals surface area contributed by atoms with Crippen molar-refractivity contribution in [2.75, 3.05) is 6.26 Å². The lowest BCUT2D eigenvalue weighted by molar-refractivity contribution is 0.550. The van der Waals surface area contributed by atoms with Gasteiger partial charge in [0.1, 0.15) is 0 Å². The van der Waals surface area contributed by atoms with E-state index in [1.165, 1.54) is 0 Å². The molecule has 0 amide bonds. The van der Waals surface area contributed by atoms with Crippen molar-refractivity contribution in [1.82, 2.24) is 4.72 Å². The first kappa shape index (κ1) is 18.0. The summed E-state index contributed by atoms with van der Waals surface area (Å²) in [4.78, 5) is 0. The number of nitrogens with zero attached hydrogens (tertiary/aromatic N) is 1. The molecular formula is C17H28N2OS. The summed E-state index contributed by atoms with van der Waals surface area (Å²) in [5.74, 6) is 0. The Bertz CT molecular complexity index is 521. The summed E-state index contributed by atoms with van der Waals surface area (Å²) in [6.45, 7) is 12.0. The molecule has 0 aliphatic rings. The lowest BCUT2D eigenvalue weighted by Gasteiger charge is -2.44. The molecule has 0 bridgehead atoms. The van der Waals surface area contributed by atoms with E-state index in [4.69, 9.17) is 0 Å². The number of nitrogens with one attached hydrogen (secondary N) is 1. The summed E-state index contributed by atoms with van der Waals surface area (Å²) in [6, 6.07) is 10.4. The molecule has 0 aromatic heterocycles. The summed E-state index contributed by atoms with van der Waals surface area (Å²) >= 11 is 0. The van der Waals surface area contributed by atoms with E-state index in [0.717, 1.165) is 11.1 Å². The largest absolute Gasteiger partial charge is 0.338 e. The van der Waals surface area contributed by atoms with Crippen molar-refractivity contribution in [1.29, 1.82) is 5.26 Å². The molecular weight excluding hydrogens is 280 g/mol. The van der Waals surface area contributed by atoms with Crippen molar-refractivity contribution < 1.29 is 4.55 Å². The van der Waals surface area contributed by atoms with Gasteiger partial charge in [0.25, 0.3) is 0 Å². The molecule has 0 fully saturated rings. The Hall–Kier alpha value is -1.02. The molecule has 118 valence electrons. The maximum absolute atomic E-state index is 10.6. The zero-order chi connectivity index (χ0) is 16.5. The molecule has 1 aromatic rings. The van der Waals surface area contributed by atoms with Crippen LogP contribution in [0.25, 0.3) is 0 Å². The number of hydrogen-bond acceptors (Lipinski definition) is 3. The molecule has 2 N–H and O–H groups in total. The highest BCUT2D eigenvalue weighted by atomic mass is 32.3. The Kier molecular flexibility index (Phi) is 5.15. The van der Waals surface area contributed by atoms with Crippen LogP contribution in [0.4, 0.5) is 0 Å². The molecule has 0 saturated carbocycles. The number of benzene rings is 1. The van der Waals surface area contributed by atoms with Crippen LogP contribution in [-0.4, -0.2) is 15.6 Å². The highest BCUT2D eigenvalue weighted by molar-refractivity contribution is 8.28. The highest BCUT2D eigenvalue weighted by Gasteiger charge is 2.31. The maximum atomic E-state index is 10.6. The smallest absolute Gasteiger partial charge is 0.0766 e. The molecule has 0 saturated heterocycles. The average molecular weight is 308 g/mol. The van der Waals surface area contributed by atoms with Gasteiger partial charge in [-0.25, -0.2) is 0 Å². The molecule has 1 rings (SSSR count). The first-order chi connectivity index (χ1) is 9.40. The molecule has 2 atom stereocenters. The average Bonchev–Trinajstić information content (AvgIpc) is 2.37. The van der Waals surface area contributed by atoms with E-state index in [1.54, 1.807) is 0 Å². The zero-order valence-corrected chi connectivity index (χ0v) is 15.0. The molecule has 0 heterocycles. The third kappa shape index (κ3) is 4.23. The normalized spacial score (nSPS) is 18.4. The van der Waals surface area contributed by atoms with E-state index < -0.39 is 15.9 Å². The van der Waals surface area contributed by atoms with Crippen LogP contribution in [-0.2, 0) is 5.41 Å². The molecule has 0 aliphatic heterocycles. The molecule has 1 unspecified atom stereocenters. The quantitative estimate of drug-likeness (QED) is 0.843. The van der Waals surface area contributed by atoms with E-state index in [1.807, 2.05) is 65.1 Å². The zero-order valence-electron chi connectivity index (χ0n) is 14.2. The van der Waals surface area contributed by atoms with Gasteiger partial charge in [0.2, 0.25) is 0 Å². The summed E-state index contributed by atoms with van der Waals surface area (Å²) in [5, 5.41) is 9.18. The van der Waals surface area contributed by atoms with Crippen LogP contribution in [0.5, 0.6) is 0 Å². The minimum Gasteiger partial charge on any atom is -0.338 e. The Morgan fingerprint density at radius 1 is 1.14 bits per heavy atom. The van der Waals surface area contributed by atoms with E-state index in [9.17, 15) is 9.81 Å². The SMILES string of the molecule is C[C@H](NS(C)(O)C(C)(C)C)c1ccc(C(C)(C)C#N)cc1. The molecule has 4 heteroatoms. The van der Waals surface area contributed by atoms with Crippen LogP contribution in [0.15, 0.2) is 24.3 Å². The van der Waals surface area contributed by atoms with Crippen molar-refractivity contribution in [2.24, 2.45) is 0 Å². The van der Waals surface area contributed by atoms with Crippen LogP contribution in [0.2, 0.25) is 0 Å². The number of rotatable bonds is 4. The van der Waals surface area contributed by atoms with Crippen LogP contribution in [0.3, 0.4) is 0 Å². The lowest BCUT2D eigenvalue weighted by atomic mass is 9.86. The third-order valence-electron chi connectivity index (χ3n) is 4.01. The van der Waals surface area contributed by atoms with Gasteiger partial charge >= 0.3 is 0 Å². The first-order valence-electron chi connectivity index (χ1n) is 7.20. The van der Waals surface area contributed by atoms with E-state index >= 15 is 0 Å². The highest BCUT2D eigenvalue weighted by Crippen LogP contribution is 2.50. The lowest BCUT2D eigenvalue weighted by Crippen LogP contribution is -2.35. The van der Waals surface area contributed by atoms with Crippen molar-refractivity contribution in [2.45, 2.75) is 57.7 Å². The summed E-state index contributed by atoms with van der Waals surface area (Å²) in [6.07, 6.45) is 1.89. The molecule has 0 spiro atoms. The second-order valence-electron chi connectivity index (χ2n) is 7.19. The molecule has 0 radical (unpaired) electrons. The molecule has 3 nitrogen and oxygen atoms in total. The maximum Gasteiger partial charge on any atom is 0.0766 e.